The number of furan rings is 1. The molecule has 7 heteroatoms. The summed E-state index contributed by atoms with van der Waals surface area (Å²) in [7, 11) is 1.53. The average molecular weight is 373 g/mol. The van der Waals surface area contributed by atoms with E-state index in [1.54, 1.807) is 44.2 Å². The second-order valence-corrected chi connectivity index (χ2v) is 6.34. The van der Waals surface area contributed by atoms with Gasteiger partial charge in [0.25, 0.3) is 5.91 Å². The number of hydrogen-bond donors (Lipinski definition) is 1. The van der Waals surface area contributed by atoms with E-state index in [9.17, 15) is 14.4 Å². The number of nitrogens with one attached hydrogen (secondary N) is 1. The summed E-state index contributed by atoms with van der Waals surface area (Å²) in [6, 6.07) is 8.67. The Kier molecular flexibility index (Phi) is 6.76. The molecule has 1 aromatic carbocycles. The molecule has 0 spiro atoms. The van der Waals surface area contributed by atoms with E-state index in [0.717, 1.165) is 0 Å². The molecule has 0 aliphatic rings. The summed E-state index contributed by atoms with van der Waals surface area (Å²) >= 11 is 0. The van der Waals surface area contributed by atoms with Crippen LogP contribution in [0.4, 0.5) is 0 Å². The van der Waals surface area contributed by atoms with Gasteiger partial charge in [-0.3, -0.25) is 9.59 Å². The fourth-order valence-electron chi connectivity index (χ4n) is 2.41. The Balaban J connectivity index is 2.02. The topological polar surface area (TPSA) is 94.8 Å². The molecule has 0 fully saturated rings. The molecule has 0 bridgehead atoms. The van der Waals surface area contributed by atoms with Crippen LogP contribution >= 0.6 is 0 Å². The molecular weight excluding hydrogens is 350 g/mol. The molecular formula is C20H23NO6. The molecule has 144 valence electrons. The lowest BCUT2D eigenvalue weighted by molar-refractivity contribution is -0.149. The summed E-state index contributed by atoms with van der Waals surface area (Å²) in [5.74, 6) is -1.07. The molecule has 0 radical (unpaired) electrons. The molecule has 0 aliphatic heterocycles. The first-order valence-corrected chi connectivity index (χ1v) is 8.56. The molecule has 7 nitrogen and oxygen atoms in total. The fourth-order valence-corrected chi connectivity index (χ4v) is 2.41. The van der Waals surface area contributed by atoms with E-state index in [2.05, 4.69) is 5.32 Å². The van der Waals surface area contributed by atoms with Gasteiger partial charge < -0.3 is 19.2 Å². The van der Waals surface area contributed by atoms with E-state index >= 15 is 0 Å². The molecule has 2 atom stereocenters. The number of amides is 1. The minimum absolute atomic E-state index is 0.0933. The van der Waals surface area contributed by atoms with Gasteiger partial charge in [-0.2, -0.15) is 0 Å². The van der Waals surface area contributed by atoms with E-state index in [4.69, 9.17) is 13.9 Å². The number of rotatable bonds is 8. The highest BCUT2D eigenvalue weighted by molar-refractivity contribution is 6.01. The number of benzene rings is 1. The van der Waals surface area contributed by atoms with E-state index in [1.807, 2.05) is 0 Å². The standard InChI is InChI=1S/C20H23NO6/c1-12(2)17(21-19(23)16-6-5-11-26-16)20(24)27-13(3)18(22)14-7-9-15(25-4)10-8-14/h5-13,17H,1-4H3,(H,21,23)/t13-,17-/m0/s1. The second-order valence-electron chi connectivity index (χ2n) is 6.34. The van der Waals surface area contributed by atoms with Crippen LogP contribution in [0.2, 0.25) is 0 Å². The number of ketones is 1. The van der Waals surface area contributed by atoms with Gasteiger partial charge in [0.1, 0.15) is 11.8 Å². The number of ether oxygens (including phenoxy) is 2. The van der Waals surface area contributed by atoms with Gasteiger partial charge in [-0.1, -0.05) is 13.8 Å². The zero-order valence-electron chi connectivity index (χ0n) is 15.7. The molecule has 27 heavy (non-hydrogen) atoms. The van der Waals surface area contributed by atoms with Gasteiger partial charge in [0.15, 0.2) is 11.9 Å². The number of carbonyl (C=O) groups excluding carboxylic acids is 3. The highest BCUT2D eigenvalue weighted by Gasteiger charge is 2.30. The van der Waals surface area contributed by atoms with Gasteiger partial charge in [-0.15, -0.1) is 0 Å². The third-order valence-corrected chi connectivity index (χ3v) is 3.99. The zero-order chi connectivity index (χ0) is 20.0. The molecule has 2 aromatic rings. The van der Waals surface area contributed by atoms with Crippen molar-refractivity contribution >= 4 is 17.7 Å². The average Bonchev–Trinajstić information content (AvgIpc) is 3.19. The van der Waals surface area contributed by atoms with Gasteiger partial charge in [0.05, 0.1) is 13.4 Å². The Morgan fingerprint density at radius 3 is 2.22 bits per heavy atom. The van der Waals surface area contributed by atoms with Crippen LogP contribution in [-0.2, 0) is 9.53 Å². The van der Waals surface area contributed by atoms with Crippen LogP contribution in [0.5, 0.6) is 5.75 Å². The number of Topliss-reactive ketones (excluding diaryl/α,β-unsaturated/α-hetero) is 1. The Morgan fingerprint density at radius 1 is 1.04 bits per heavy atom. The van der Waals surface area contributed by atoms with E-state index in [0.29, 0.717) is 11.3 Å². The summed E-state index contributed by atoms with van der Waals surface area (Å²) in [6.07, 6.45) is 0.375. The van der Waals surface area contributed by atoms with Crippen LogP contribution in [0, 0.1) is 5.92 Å². The smallest absolute Gasteiger partial charge is 0.329 e. The molecule has 0 saturated heterocycles. The van der Waals surface area contributed by atoms with Crippen molar-refractivity contribution in [2.24, 2.45) is 5.92 Å². The van der Waals surface area contributed by atoms with E-state index < -0.39 is 24.0 Å². The lowest BCUT2D eigenvalue weighted by Crippen LogP contribution is -2.46. The van der Waals surface area contributed by atoms with Gasteiger partial charge >= 0.3 is 5.97 Å². The Hall–Kier alpha value is -3.09. The van der Waals surface area contributed by atoms with Gasteiger partial charge in [0, 0.05) is 5.56 Å². The first kappa shape index (κ1) is 20.2. The zero-order valence-corrected chi connectivity index (χ0v) is 15.7. The minimum atomic E-state index is -0.993. The highest BCUT2D eigenvalue weighted by Crippen LogP contribution is 2.15. The lowest BCUT2D eigenvalue weighted by atomic mass is 10.0. The van der Waals surface area contributed by atoms with E-state index in [1.165, 1.54) is 26.4 Å². The predicted octanol–water partition coefficient (Wildman–Crippen LogP) is 2.86. The van der Waals surface area contributed by atoms with Crippen LogP contribution in [-0.4, -0.2) is 36.9 Å². The molecule has 2 rings (SSSR count). The van der Waals surface area contributed by atoms with Gasteiger partial charge in [-0.25, -0.2) is 4.79 Å². The van der Waals surface area contributed by atoms with Crippen LogP contribution in [0.25, 0.3) is 0 Å². The third-order valence-electron chi connectivity index (χ3n) is 3.99. The van der Waals surface area contributed by atoms with Crippen molar-refractivity contribution in [2.75, 3.05) is 7.11 Å². The van der Waals surface area contributed by atoms with Crippen molar-refractivity contribution in [1.82, 2.24) is 5.32 Å². The first-order valence-electron chi connectivity index (χ1n) is 8.56. The molecule has 1 amide bonds. The van der Waals surface area contributed by atoms with Crippen molar-refractivity contribution in [3.05, 3.63) is 54.0 Å². The molecule has 1 aromatic heterocycles. The quantitative estimate of drug-likeness (QED) is 0.565. The Bertz CT molecular complexity index is 779. The summed E-state index contributed by atoms with van der Waals surface area (Å²) in [4.78, 5) is 37.1. The second kappa shape index (κ2) is 9.02. The van der Waals surface area contributed by atoms with Gasteiger partial charge in [0.2, 0.25) is 5.78 Å². The largest absolute Gasteiger partial charge is 0.497 e. The number of methoxy groups -OCH3 is 1. The Labute approximate surface area is 157 Å². The summed E-state index contributed by atoms with van der Waals surface area (Å²) < 4.78 is 15.4. The molecule has 0 saturated carbocycles. The molecule has 0 unspecified atom stereocenters. The minimum Gasteiger partial charge on any atom is -0.497 e. The maximum Gasteiger partial charge on any atom is 0.329 e. The van der Waals surface area contributed by atoms with Crippen LogP contribution in [0.3, 0.4) is 0 Å². The van der Waals surface area contributed by atoms with Crippen LogP contribution in [0.15, 0.2) is 47.1 Å². The molecule has 0 aliphatic carbocycles. The van der Waals surface area contributed by atoms with Crippen LogP contribution in [0.1, 0.15) is 41.7 Å². The van der Waals surface area contributed by atoms with Crippen molar-refractivity contribution in [2.45, 2.75) is 32.9 Å². The molecule has 1 heterocycles. The fraction of sp³-hybridized carbons (Fsp3) is 0.350. The van der Waals surface area contributed by atoms with Crippen molar-refractivity contribution < 1.29 is 28.3 Å². The summed E-state index contributed by atoms with van der Waals surface area (Å²) in [5, 5.41) is 2.58. The third kappa shape index (κ3) is 5.20. The normalized spacial score (nSPS) is 12.9. The maximum atomic E-state index is 12.5. The lowest BCUT2D eigenvalue weighted by Gasteiger charge is -2.22. The number of hydrogen-bond acceptors (Lipinski definition) is 6. The molecule has 1 N–H and O–H groups in total. The highest BCUT2D eigenvalue weighted by atomic mass is 16.5. The first-order chi connectivity index (χ1) is 12.8. The van der Waals surface area contributed by atoms with Crippen molar-refractivity contribution in [3.63, 3.8) is 0 Å². The van der Waals surface area contributed by atoms with Crippen molar-refractivity contribution in [3.8, 4) is 5.75 Å². The number of esters is 1. The SMILES string of the molecule is COc1ccc(C(=O)[C@H](C)OC(=O)[C@@H](NC(=O)c2ccco2)C(C)C)cc1. The Morgan fingerprint density at radius 2 is 1.70 bits per heavy atom. The maximum absolute atomic E-state index is 12.5. The van der Waals surface area contributed by atoms with E-state index in [-0.39, 0.29) is 17.5 Å². The predicted molar refractivity (Wildman–Crippen MR) is 97.7 cm³/mol. The van der Waals surface area contributed by atoms with Gasteiger partial charge in [-0.05, 0) is 49.2 Å². The van der Waals surface area contributed by atoms with Crippen molar-refractivity contribution in [1.29, 1.82) is 0 Å². The number of carbonyl (C=O) groups is 3. The summed E-state index contributed by atoms with van der Waals surface area (Å²) in [5.41, 5.74) is 0.400. The van der Waals surface area contributed by atoms with Crippen LogP contribution < -0.4 is 10.1 Å². The monoisotopic (exact) mass is 373 g/mol. The summed E-state index contributed by atoms with van der Waals surface area (Å²) in [6.45, 7) is 5.03.